The Bertz CT molecular complexity index is 1550. The van der Waals surface area contributed by atoms with Crippen LogP contribution in [-0.2, 0) is 13.0 Å². The van der Waals surface area contributed by atoms with Gasteiger partial charge < -0.3 is 33.7 Å². The van der Waals surface area contributed by atoms with E-state index in [2.05, 4.69) is 55.1 Å². The number of phenolic OH excluding ortho intramolecular Hbond substituents is 1. The van der Waals surface area contributed by atoms with Crippen molar-refractivity contribution in [3.8, 4) is 34.4 Å². The first-order chi connectivity index (χ1) is 23.4. The number of rotatable bonds is 22. The van der Waals surface area contributed by atoms with Gasteiger partial charge in [0.05, 0.1) is 30.9 Å². The second-order valence-electron chi connectivity index (χ2n) is 12.1. The Hall–Kier alpha value is -3.46. The number of nitrogens with zero attached hydrogens (tertiary/aromatic N) is 4. The van der Waals surface area contributed by atoms with Crippen LogP contribution >= 0.6 is 11.6 Å². The number of phenols is 1. The Morgan fingerprint density at radius 1 is 0.750 bits per heavy atom. The summed E-state index contributed by atoms with van der Waals surface area (Å²) in [5.74, 6) is 2.92. The number of aryl methyl sites for hydroxylation is 1. The Morgan fingerprint density at radius 3 is 2.08 bits per heavy atom. The number of aromatic nitrogens is 2. The molecular weight excluding hydrogens is 624 g/mol. The van der Waals surface area contributed by atoms with Gasteiger partial charge in [-0.25, -0.2) is 4.98 Å². The quantitative estimate of drug-likeness (QED) is 0.0834. The Labute approximate surface area is 292 Å². The molecule has 0 radical (unpaired) electrons. The molecule has 1 aromatic heterocycles. The molecule has 0 atom stereocenters. The fourth-order valence-electron chi connectivity index (χ4n) is 5.91. The normalized spacial score (nSPS) is 11.6. The maximum Gasteiger partial charge on any atom is 0.150 e. The summed E-state index contributed by atoms with van der Waals surface area (Å²) < 4.78 is 21.0. The number of fused-ring (bicyclic) bond motifs is 1. The molecule has 0 spiro atoms. The molecule has 0 saturated heterocycles. The van der Waals surface area contributed by atoms with E-state index in [9.17, 15) is 5.11 Å². The third-order valence-corrected chi connectivity index (χ3v) is 9.07. The minimum atomic E-state index is 0.123. The van der Waals surface area contributed by atoms with Gasteiger partial charge in [-0.05, 0) is 75.3 Å². The topological polar surface area (TPSA) is 72.2 Å². The Kier molecular flexibility index (Phi) is 15.2. The number of hydrogen-bond acceptors (Lipinski definition) is 7. The van der Waals surface area contributed by atoms with Crippen molar-refractivity contribution < 1.29 is 19.3 Å². The number of hydrogen-bond donors (Lipinski definition) is 1. The summed E-state index contributed by atoms with van der Waals surface area (Å²) >= 11 is 6.13. The third kappa shape index (κ3) is 10.5. The van der Waals surface area contributed by atoms with Gasteiger partial charge in [-0.3, -0.25) is 0 Å². The smallest absolute Gasteiger partial charge is 0.150 e. The Balaban J connectivity index is 1.61. The summed E-state index contributed by atoms with van der Waals surface area (Å²) in [5.41, 5.74) is 3.48. The van der Waals surface area contributed by atoms with Gasteiger partial charge in [0.25, 0.3) is 0 Å². The number of aromatic hydroxyl groups is 1. The summed E-state index contributed by atoms with van der Waals surface area (Å²) in [6.07, 6.45) is 4.58. The van der Waals surface area contributed by atoms with Crippen LogP contribution in [0, 0.1) is 0 Å². The standard InChI is InChI=1S/C39H55ClN4O4/c1-6-11-22-44-35-27-33(46-23-13-20-42(7-2)8-3)29-37(48-24-14-21-43(9-4)10-5)38(35)41-39(44)34-18-17-32(28-36(34)45)47-25-19-30-15-12-16-31(40)26-30/h12,15-18,26-29,45H,6-11,13-14,19-25H2,1-5H3. The molecule has 1 heterocycles. The number of ether oxygens (including phenoxy) is 3. The molecule has 1 N–H and O–H groups in total. The lowest BCUT2D eigenvalue weighted by molar-refractivity contribution is 0.243. The summed E-state index contributed by atoms with van der Waals surface area (Å²) in [5, 5.41) is 12.0. The first-order valence-corrected chi connectivity index (χ1v) is 18.2. The van der Waals surface area contributed by atoms with Gasteiger partial charge in [-0.15, -0.1) is 0 Å². The highest BCUT2D eigenvalue weighted by atomic mass is 35.5. The second kappa shape index (κ2) is 19.5. The van der Waals surface area contributed by atoms with Crippen LogP contribution in [0.15, 0.2) is 54.6 Å². The zero-order valence-corrected chi connectivity index (χ0v) is 30.4. The fourth-order valence-corrected chi connectivity index (χ4v) is 6.12. The van der Waals surface area contributed by atoms with E-state index in [0.29, 0.717) is 54.2 Å². The molecule has 0 aliphatic carbocycles. The van der Waals surface area contributed by atoms with E-state index in [1.807, 2.05) is 42.5 Å². The van der Waals surface area contributed by atoms with Crippen LogP contribution in [0.3, 0.4) is 0 Å². The monoisotopic (exact) mass is 678 g/mol. The lowest BCUT2D eigenvalue weighted by atomic mass is 10.1. The van der Waals surface area contributed by atoms with Crippen LogP contribution in [0.1, 0.15) is 65.9 Å². The van der Waals surface area contributed by atoms with Gasteiger partial charge in [0.1, 0.15) is 28.6 Å². The van der Waals surface area contributed by atoms with E-state index in [1.54, 1.807) is 6.07 Å². The first-order valence-electron chi connectivity index (χ1n) is 17.9. The average molecular weight is 679 g/mol. The molecule has 0 bridgehead atoms. The van der Waals surface area contributed by atoms with Crippen molar-refractivity contribution in [2.24, 2.45) is 0 Å². The first kappa shape index (κ1) is 37.4. The van der Waals surface area contributed by atoms with Crippen molar-refractivity contribution in [2.45, 2.75) is 73.3 Å². The van der Waals surface area contributed by atoms with Gasteiger partial charge in [-0.2, -0.15) is 0 Å². The zero-order valence-electron chi connectivity index (χ0n) is 29.6. The molecular formula is C39H55ClN4O4. The van der Waals surface area contributed by atoms with Gasteiger partial charge in [0.15, 0.2) is 5.75 Å². The number of imidazole rings is 1. The van der Waals surface area contributed by atoms with Gasteiger partial charge >= 0.3 is 0 Å². The molecule has 4 rings (SSSR count). The lowest BCUT2D eigenvalue weighted by Crippen LogP contribution is -2.25. The van der Waals surface area contributed by atoms with Crippen LogP contribution < -0.4 is 14.2 Å². The molecule has 0 saturated carbocycles. The van der Waals surface area contributed by atoms with Gasteiger partial charge in [0.2, 0.25) is 0 Å². The Morgan fingerprint density at radius 2 is 1.44 bits per heavy atom. The van der Waals surface area contributed by atoms with Crippen molar-refractivity contribution in [1.82, 2.24) is 19.4 Å². The molecule has 0 aliphatic rings. The molecule has 0 unspecified atom stereocenters. The number of unbranched alkanes of at least 4 members (excludes halogenated alkanes) is 1. The van der Waals surface area contributed by atoms with E-state index in [4.69, 9.17) is 30.8 Å². The van der Waals surface area contributed by atoms with Crippen molar-refractivity contribution in [3.63, 3.8) is 0 Å². The minimum Gasteiger partial charge on any atom is -0.507 e. The number of halogens is 1. The molecule has 48 heavy (non-hydrogen) atoms. The van der Waals surface area contributed by atoms with Crippen LogP contribution in [0.4, 0.5) is 0 Å². The highest BCUT2D eigenvalue weighted by Crippen LogP contribution is 2.38. The number of benzene rings is 3. The summed E-state index contributed by atoms with van der Waals surface area (Å²) in [7, 11) is 0. The molecule has 262 valence electrons. The molecule has 0 fully saturated rings. The molecule has 9 heteroatoms. The minimum absolute atomic E-state index is 0.123. The maximum atomic E-state index is 11.3. The van der Waals surface area contributed by atoms with Crippen LogP contribution in [0.25, 0.3) is 22.4 Å². The average Bonchev–Trinajstić information content (AvgIpc) is 3.45. The fraction of sp³-hybridized carbons (Fsp3) is 0.513. The van der Waals surface area contributed by atoms with Crippen molar-refractivity contribution in [1.29, 1.82) is 0 Å². The highest BCUT2D eigenvalue weighted by molar-refractivity contribution is 6.30. The zero-order chi connectivity index (χ0) is 34.3. The molecule has 3 aromatic carbocycles. The second-order valence-corrected chi connectivity index (χ2v) is 12.5. The molecule has 0 aliphatic heterocycles. The molecule has 4 aromatic rings. The predicted molar refractivity (Wildman–Crippen MR) is 198 cm³/mol. The lowest BCUT2D eigenvalue weighted by Gasteiger charge is -2.18. The van der Waals surface area contributed by atoms with Gasteiger partial charge in [-0.1, -0.05) is 64.8 Å². The van der Waals surface area contributed by atoms with E-state index >= 15 is 0 Å². The molecule has 0 amide bonds. The van der Waals surface area contributed by atoms with Crippen LogP contribution in [-0.4, -0.2) is 83.5 Å². The van der Waals surface area contributed by atoms with E-state index in [1.165, 1.54) is 0 Å². The summed E-state index contributed by atoms with van der Waals surface area (Å²) in [4.78, 5) is 9.93. The van der Waals surface area contributed by atoms with Gasteiger partial charge in [0, 0.05) is 49.3 Å². The van der Waals surface area contributed by atoms with E-state index in [-0.39, 0.29) is 5.75 Å². The summed E-state index contributed by atoms with van der Waals surface area (Å²) in [6.45, 7) is 19.5. The summed E-state index contributed by atoms with van der Waals surface area (Å²) in [6, 6.07) is 17.3. The van der Waals surface area contributed by atoms with E-state index < -0.39 is 0 Å². The maximum absolute atomic E-state index is 11.3. The predicted octanol–water partition coefficient (Wildman–Crippen LogP) is 8.71. The highest BCUT2D eigenvalue weighted by Gasteiger charge is 2.20. The van der Waals surface area contributed by atoms with Crippen molar-refractivity contribution >= 4 is 22.6 Å². The van der Waals surface area contributed by atoms with E-state index in [0.717, 1.165) is 93.8 Å². The van der Waals surface area contributed by atoms with Crippen molar-refractivity contribution in [3.05, 3.63) is 65.2 Å². The van der Waals surface area contributed by atoms with Crippen LogP contribution in [0.2, 0.25) is 5.02 Å². The SMILES string of the molecule is CCCCn1c(-c2ccc(OCCc3cccc(Cl)c3)cc2O)nc2c(OCCCN(CC)CC)cc(OCCCN(CC)CC)cc21. The van der Waals surface area contributed by atoms with Crippen molar-refractivity contribution in [2.75, 3.05) is 59.1 Å². The molecule has 8 nitrogen and oxygen atoms in total. The third-order valence-electron chi connectivity index (χ3n) is 8.84. The largest absolute Gasteiger partial charge is 0.507 e. The van der Waals surface area contributed by atoms with Crippen LogP contribution in [0.5, 0.6) is 23.0 Å².